The third-order valence-corrected chi connectivity index (χ3v) is 4.13. The molecule has 27 heavy (non-hydrogen) atoms. The van der Waals surface area contributed by atoms with E-state index >= 15 is 0 Å². The number of nitrogens with zero attached hydrogens (tertiary/aromatic N) is 1. The summed E-state index contributed by atoms with van der Waals surface area (Å²) in [6, 6.07) is 7.38. The number of nitrogens with one attached hydrogen (secondary N) is 2. The molecule has 0 bridgehead atoms. The number of rotatable bonds is 5. The molecule has 0 aliphatic carbocycles. The molecule has 1 aromatic carbocycles. The number of aliphatic hydroxyl groups excluding tert-OH is 1. The highest BCUT2D eigenvalue weighted by Gasteiger charge is 2.27. The minimum absolute atomic E-state index is 0.155. The molecule has 0 unspecified atom stereocenters. The SMILES string of the molecule is C[C@H](O)COc1ccc(C(=N)NC2CCN(C(=O)OC(C)(C)C)CC2)cc1. The van der Waals surface area contributed by atoms with Crippen LogP contribution in [0.1, 0.15) is 46.1 Å². The van der Waals surface area contributed by atoms with Crippen molar-refractivity contribution < 1.29 is 19.4 Å². The number of piperidine rings is 1. The number of amides is 1. The van der Waals surface area contributed by atoms with Crippen LogP contribution in [0.3, 0.4) is 0 Å². The Kier molecular flexibility index (Phi) is 7.07. The summed E-state index contributed by atoms with van der Waals surface area (Å²) < 4.78 is 10.8. The van der Waals surface area contributed by atoms with E-state index in [4.69, 9.17) is 14.9 Å². The Morgan fingerprint density at radius 2 is 1.89 bits per heavy atom. The Hall–Kier alpha value is -2.28. The van der Waals surface area contributed by atoms with Crippen LogP contribution < -0.4 is 10.1 Å². The fraction of sp³-hybridized carbons (Fsp3) is 0.600. The lowest BCUT2D eigenvalue weighted by atomic mass is 10.0. The molecule has 1 aromatic rings. The molecule has 7 nitrogen and oxygen atoms in total. The van der Waals surface area contributed by atoms with Crippen molar-refractivity contribution in [1.82, 2.24) is 10.2 Å². The number of hydrogen-bond donors (Lipinski definition) is 3. The van der Waals surface area contributed by atoms with E-state index in [9.17, 15) is 9.90 Å². The van der Waals surface area contributed by atoms with E-state index in [1.807, 2.05) is 32.9 Å². The predicted molar refractivity (Wildman–Crippen MR) is 104 cm³/mol. The van der Waals surface area contributed by atoms with E-state index in [0.717, 1.165) is 18.4 Å². The van der Waals surface area contributed by atoms with E-state index in [2.05, 4.69) is 5.32 Å². The number of likely N-dealkylation sites (tertiary alicyclic amines) is 1. The molecule has 0 saturated carbocycles. The van der Waals surface area contributed by atoms with Crippen LogP contribution in [0.5, 0.6) is 5.75 Å². The summed E-state index contributed by atoms with van der Waals surface area (Å²) in [6.07, 6.45) is 0.758. The maximum atomic E-state index is 12.1. The molecule has 1 heterocycles. The third-order valence-electron chi connectivity index (χ3n) is 4.13. The summed E-state index contributed by atoms with van der Waals surface area (Å²) >= 11 is 0. The molecule has 1 fully saturated rings. The summed E-state index contributed by atoms with van der Waals surface area (Å²) in [4.78, 5) is 13.8. The number of carbonyl (C=O) groups is 1. The Morgan fingerprint density at radius 3 is 2.41 bits per heavy atom. The highest BCUT2D eigenvalue weighted by atomic mass is 16.6. The van der Waals surface area contributed by atoms with Crippen molar-refractivity contribution in [3.63, 3.8) is 0 Å². The first-order valence-electron chi connectivity index (χ1n) is 9.38. The zero-order valence-corrected chi connectivity index (χ0v) is 16.6. The van der Waals surface area contributed by atoms with Gasteiger partial charge in [-0.15, -0.1) is 0 Å². The summed E-state index contributed by atoms with van der Waals surface area (Å²) in [7, 11) is 0. The monoisotopic (exact) mass is 377 g/mol. The van der Waals surface area contributed by atoms with Crippen molar-refractivity contribution in [2.45, 2.75) is 58.3 Å². The van der Waals surface area contributed by atoms with Crippen molar-refractivity contribution in [1.29, 1.82) is 5.41 Å². The van der Waals surface area contributed by atoms with Gasteiger partial charge in [0.25, 0.3) is 0 Å². The van der Waals surface area contributed by atoms with Crippen molar-refractivity contribution in [3.8, 4) is 5.75 Å². The van der Waals surface area contributed by atoms with Crippen LogP contribution in [0.25, 0.3) is 0 Å². The molecule has 0 aromatic heterocycles. The minimum Gasteiger partial charge on any atom is -0.491 e. The first-order valence-corrected chi connectivity index (χ1v) is 9.38. The molecule has 3 N–H and O–H groups in total. The van der Waals surface area contributed by atoms with Crippen molar-refractivity contribution >= 4 is 11.9 Å². The van der Waals surface area contributed by atoms with E-state index in [1.165, 1.54) is 0 Å². The summed E-state index contributed by atoms with van der Waals surface area (Å²) in [5, 5.41) is 20.7. The van der Waals surface area contributed by atoms with Crippen LogP contribution in [-0.2, 0) is 4.74 Å². The molecule has 2 rings (SSSR count). The van der Waals surface area contributed by atoms with E-state index in [1.54, 1.807) is 24.0 Å². The standard InChI is InChI=1S/C20H31N3O4/c1-14(24)13-26-17-7-5-15(6-8-17)18(21)22-16-9-11-23(12-10-16)19(25)27-20(2,3)4/h5-8,14,16,24H,9-13H2,1-4H3,(H2,21,22)/t14-/m0/s1. The summed E-state index contributed by atoms with van der Waals surface area (Å²) in [6.45, 7) is 8.73. The first-order chi connectivity index (χ1) is 12.6. The van der Waals surface area contributed by atoms with Gasteiger partial charge in [0.2, 0.25) is 0 Å². The number of hydrogen-bond acceptors (Lipinski definition) is 5. The molecule has 1 amide bonds. The van der Waals surface area contributed by atoms with Crippen LogP contribution >= 0.6 is 0 Å². The van der Waals surface area contributed by atoms with Gasteiger partial charge in [-0.3, -0.25) is 5.41 Å². The Morgan fingerprint density at radius 1 is 1.30 bits per heavy atom. The van der Waals surface area contributed by atoms with Crippen molar-refractivity contribution in [2.75, 3.05) is 19.7 Å². The second kappa shape index (κ2) is 9.08. The van der Waals surface area contributed by atoms with Crippen LogP contribution in [0, 0.1) is 5.41 Å². The second-order valence-electron chi connectivity index (χ2n) is 7.95. The molecule has 1 saturated heterocycles. The number of amidine groups is 1. The number of aliphatic hydroxyl groups is 1. The third kappa shape index (κ3) is 7.09. The molecular formula is C20H31N3O4. The fourth-order valence-corrected chi connectivity index (χ4v) is 2.75. The second-order valence-corrected chi connectivity index (χ2v) is 7.95. The highest BCUT2D eigenvalue weighted by Crippen LogP contribution is 2.17. The van der Waals surface area contributed by atoms with E-state index < -0.39 is 11.7 Å². The molecule has 7 heteroatoms. The van der Waals surface area contributed by atoms with Crippen LogP contribution in [0.4, 0.5) is 4.79 Å². The lowest BCUT2D eigenvalue weighted by Crippen LogP contribution is -2.47. The Balaban J connectivity index is 1.79. The Labute approximate surface area is 161 Å². The smallest absolute Gasteiger partial charge is 0.410 e. The van der Waals surface area contributed by atoms with Gasteiger partial charge in [-0.1, -0.05) is 0 Å². The Bertz CT molecular complexity index is 630. The van der Waals surface area contributed by atoms with E-state index in [0.29, 0.717) is 24.7 Å². The topological polar surface area (TPSA) is 94.9 Å². The highest BCUT2D eigenvalue weighted by molar-refractivity contribution is 5.96. The van der Waals surface area contributed by atoms with Crippen molar-refractivity contribution in [2.24, 2.45) is 0 Å². The number of carbonyl (C=O) groups excluding carboxylic acids is 1. The largest absolute Gasteiger partial charge is 0.491 e. The quantitative estimate of drug-likeness (QED) is 0.542. The van der Waals surface area contributed by atoms with Gasteiger partial charge in [0.15, 0.2) is 0 Å². The average Bonchev–Trinajstić information content (AvgIpc) is 2.59. The zero-order valence-electron chi connectivity index (χ0n) is 16.6. The van der Waals surface area contributed by atoms with Crippen LogP contribution in [0.2, 0.25) is 0 Å². The molecule has 1 atom stereocenters. The number of benzene rings is 1. The maximum Gasteiger partial charge on any atom is 0.410 e. The molecule has 1 aliphatic rings. The van der Waals surface area contributed by atoms with Gasteiger partial charge in [0, 0.05) is 24.7 Å². The number of ether oxygens (including phenoxy) is 2. The van der Waals surface area contributed by atoms with Crippen LogP contribution in [-0.4, -0.2) is 59.4 Å². The van der Waals surface area contributed by atoms with Gasteiger partial charge in [0.05, 0.1) is 6.10 Å². The van der Waals surface area contributed by atoms with Crippen molar-refractivity contribution in [3.05, 3.63) is 29.8 Å². The van der Waals surface area contributed by atoms with Gasteiger partial charge in [-0.2, -0.15) is 0 Å². The minimum atomic E-state index is -0.517. The fourth-order valence-electron chi connectivity index (χ4n) is 2.75. The first kappa shape index (κ1) is 21.0. The molecular weight excluding hydrogens is 346 g/mol. The van der Waals surface area contributed by atoms with Gasteiger partial charge < -0.3 is 24.8 Å². The maximum absolute atomic E-state index is 12.1. The lowest BCUT2D eigenvalue weighted by molar-refractivity contribution is 0.0203. The zero-order chi connectivity index (χ0) is 20.0. The van der Waals surface area contributed by atoms with Crippen LogP contribution in [0.15, 0.2) is 24.3 Å². The summed E-state index contributed by atoms with van der Waals surface area (Å²) in [5.41, 5.74) is 0.285. The van der Waals surface area contributed by atoms with Gasteiger partial charge in [0.1, 0.15) is 23.8 Å². The van der Waals surface area contributed by atoms with Gasteiger partial charge in [-0.05, 0) is 64.8 Å². The predicted octanol–water partition coefficient (Wildman–Crippen LogP) is 2.76. The molecule has 150 valence electrons. The summed E-state index contributed by atoms with van der Waals surface area (Å²) in [5.74, 6) is 1.02. The normalized spacial score (nSPS) is 16.6. The molecule has 0 spiro atoms. The van der Waals surface area contributed by atoms with Gasteiger partial charge in [-0.25, -0.2) is 4.79 Å². The van der Waals surface area contributed by atoms with E-state index in [-0.39, 0.29) is 18.7 Å². The average molecular weight is 377 g/mol. The molecule has 0 radical (unpaired) electrons. The molecule has 1 aliphatic heterocycles. The lowest BCUT2D eigenvalue weighted by Gasteiger charge is -2.34. The van der Waals surface area contributed by atoms with Gasteiger partial charge >= 0.3 is 6.09 Å².